The summed E-state index contributed by atoms with van der Waals surface area (Å²) in [5.74, 6) is -2.75. The van der Waals surface area contributed by atoms with Crippen molar-refractivity contribution in [1.29, 1.82) is 0 Å². The molecule has 0 bridgehead atoms. The van der Waals surface area contributed by atoms with Gasteiger partial charge in [0.2, 0.25) is 0 Å². The van der Waals surface area contributed by atoms with Gasteiger partial charge in [-0.3, -0.25) is 9.59 Å². The molecule has 6 heteroatoms. The monoisotopic (exact) mass is 198 g/mol. The van der Waals surface area contributed by atoms with Crippen molar-refractivity contribution in [2.24, 2.45) is 0 Å². The molecule has 0 aromatic carbocycles. The minimum absolute atomic E-state index is 0. The number of aliphatic hydroxyl groups is 1. The van der Waals surface area contributed by atoms with Crippen molar-refractivity contribution in [1.82, 2.24) is 0 Å². The van der Waals surface area contributed by atoms with Crippen LogP contribution in [-0.2, 0) is 14.4 Å². The summed E-state index contributed by atoms with van der Waals surface area (Å²) in [5, 5.41) is 17.5. The van der Waals surface area contributed by atoms with E-state index in [1.54, 1.807) is 0 Å². The molecular weight excluding hydrogens is 187 g/mol. The van der Waals surface area contributed by atoms with E-state index in [0.29, 0.717) is 0 Å². The van der Waals surface area contributed by atoms with Gasteiger partial charge in [0, 0.05) is 6.92 Å². The molecule has 0 aliphatic heterocycles. The second kappa shape index (κ2) is 9.85. The van der Waals surface area contributed by atoms with Crippen molar-refractivity contribution in [2.75, 3.05) is 0 Å². The van der Waals surface area contributed by atoms with Crippen LogP contribution in [0.4, 0.5) is 0 Å². The number of aliphatic hydroxyl groups excluding tert-OH is 1. The molecule has 1 atom stereocenters. The summed E-state index contributed by atoms with van der Waals surface area (Å²) in [6.45, 7) is 3.74. The van der Waals surface area contributed by atoms with Crippen molar-refractivity contribution in [3.05, 3.63) is 0 Å². The predicted molar refractivity (Wildman–Crippen MR) is 38.0 cm³/mol. The first-order valence-corrected chi connectivity index (χ1v) is 3.19. The summed E-state index contributed by atoms with van der Waals surface area (Å²) in [6, 6.07) is 0. The van der Waals surface area contributed by atoms with Crippen LogP contribution >= 0.6 is 0 Å². The van der Waals surface area contributed by atoms with Crippen molar-refractivity contribution < 1.29 is 54.2 Å². The average molecular weight is 198 g/mol. The summed E-state index contributed by atoms with van der Waals surface area (Å²) >= 11 is 0. The van der Waals surface area contributed by atoms with Crippen LogP contribution in [0.25, 0.3) is 0 Å². The van der Waals surface area contributed by atoms with E-state index in [2.05, 4.69) is 0 Å². The van der Waals surface area contributed by atoms with Gasteiger partial charge < -0.3 is 15.0 Å². The summed E-state index contributed by atoms with van der Waals surface area (Å²) in [4.78, 5) is 28.6. The van der Waals surface area contributed by atoms with Crippen molar-refractivity contribution in [3.8, 4) is 0 Å². The Morgan fingerprint density at radius 1 is 1.23 bits per heavy atom. The van der Waals surface area contributed by atoms with Crippen molar-refractivity contribution in [3.63, 3.8) is 0 Å². The molecule has 5 nitrogen and oxygen atoms in total. The number of carboxylic acid groups (broad SMARTS) is 1. The van der Waals surface area contributed by atoms with Gasteiger partial charge in [0.1, 0.15) is 12.1 Å². The molecule has 0 rings (SSSR count). The number of carbonyl (C=O) groups excluding carboxylic acids is 3. The zero-order valence-electron chi connectivity index (χ0n) is 8.16. The first-order chi connectivity index (χ1) is 5.29. The van der Waals surface area contributed by atoms with Gasteiger partial charge in [-0.2, -0.15) is 0 Å². The van der Waals surface area contributed by atoms with Crippen LogP contribution in [0, 0.1) is 0 Å². The Morgan fingerprint density at radius 3 is 1.38 bits per heavy atom. The smallest absolute Gasteiger partial charge is 0.542 e. The number of Topliss-reactive ketones (excluding diaryl/α,β-unsaturated/α-hetero) is 2. The summed E-state index contributed by atoms with van der Waals surface area (Å²) in [7, 11) is 0. The molecule has 0 spiro atoms. The third-order valence-electron chi connectivity index (χ3n) is 0.876. The Kier molecular flexibility index (Phi) is 14.0. The average Bonchev–Trinajstić information content (AvgIpc) is 1.88. The van der Waals surface area contributed by atoms with E-state index < -0.39 is 17.9 Å². The van der Waals surface area contributed by atoms with E-state index in [-0.39, 0.29) is 35.3 Å². The Morgan fingerprint density at radius 2 is 1.38 bits per heavy atom. The van der Waals surface area contributed by atoms with Crippen LogP contribution in [-0.4, -0.2) is 28.7 Å². The van der Waals surface area contributed by atoms with Crippen LogP contribution in [0.2, 0.25) is 0 Å². The van der Waals surface area contributed by atoms with Crippen LogP contribution < -0.4 is 34.7 Å². The normalized spacial score (nSPS) is 9.85. The largest absolute Gasteiger partial charge is 1.00 e. The van der Waals surface area contributed by atoms with Gasteiger partial charge in [-0.15, -0.1) is 0 Å². The molecule has 13 heavy (non-hydrogen) atoms. The summed E-state index contributed by atoms with van der Waals surface area (Å²) < 4.78 is 0. The third kappa shape index (κ3) is 18.6. The standard InChI is InChI=1S/C4H8O2.C3H4O3.Na/c1-3(5)4(2)6;1-2(4)3(5)6;/h3,5H,1-2H3;1H3,(H,5,6);/q;;+1/p-1. The molecule has 0 aliphatic carbocycles. The first kappa shape index (κ1) is 18.5. The van der Waals surface area contributed by atoms with Gasteiger partial charge in [0.05, 0.1) is 0 Å². The van der Waals surface area contributed by atoms with Gasteiger partial charge in [0.15, 0.2) is 11.6 Å². The van der Waals surface area contributed by atoms with Gasteiger partial charge in [-0.25, -0.2) is 0 Å². The van der Waals surface area contributed by atoms with E-state index in [9.17, 15) is 19.5 Å². The molecule has 0 saturated heterocycles. The zero-order valence-corrected chi connectivity index (χ0v) is 10.2. The number of ketones is 2. The molecule has 0 radical (unpaired) electrons. The Labute approximate surface area is 98.4 Å². The first-order valence-electron chi connectivity index (χ1n) is 3.19. The Balaban J connectivity index is -0.000000143. The number of rotatable bonds is 2. The molecule has 0 aromatic heterocycles. The van der Waals surface area contributed by atoms with Gasteiger partial charge in [-0.1, -0.05) is 0 Å². The molecule has 1 N–H and O–H groups in total. The van der Waals surface area contributed by atoms with Gasteiger partial charge >= 0.3 is 29.6 Å². The molecular formula is C7H11NaO5. The number of hydrogen-bond acceptors (Lipinski definition) is 5. The minimum Gasteiger partial charge on any atom is -0.542 e. The van der Waals surface area contributed by atoms with Crippen LogP contribution in [0.1, 0.15) is 20.8 Å². The molecule has 70 valence electrons. The number of hydrogen-bond donors (Lipinski definition) is 1. The fourth-order valence-electron chi connectivity index (χ4n) is 0. The maximum absolute atomic E-state index is 9.89. The maximum atomic E-state index is 9.89. The van der Waals surface area contributed by atoms with Gasteiger partial charge in [0.25, 0.3) is 0 Å². The zero-order chi connectivity index (χ0) is 10.3. The second-order valence-corrected chi connectivity index (χ2v) is 2.13. The number of carbonyl (C=O) groups is 3. The number of carboxylic acids is 1. The van der Waals surface area contributed by atoms with E-state index in [1.165, 1.54) is 13.8 Å². The molecule has 0 aromatic rings. The van der Waals surface area contributed by atoms with E-state index >= 15 is 0 Å². The van der Waals surface area contributed by atoms with Gasteiger partial charge in [-0.05, 0) is 13.8 Å². The summed E-state index contributed by atoms with van der Waals surface area (Å²) in [5.41, 5.74) is 0. The number of aliphatic carboxylic acids is 1. The second-order valence-electron chi connectivity index (χ2n) is 2.13. The fraction of sp³-hybridized carbons (Fsp3) is 0.571. The molecule has 0 amide bonds. The SMILES string of the molecule is CC(=O)C(=O)[O-].CC(=O)C(C)O.[Na+]. The molecule has 0 fully saturated rings. The maximum Gasteiger partial charge on any atom is 1.00 e. The van der Waals surface area contributed by atoms with Crippen LogP contribution in [0.3, 0.4) is 0 Å². The Hall–Kier alpha value is -0.230. The van der Waals surface area contributed by atoms with Crippen molar-refractivity contribution >= 4 is 17.5 Å². The van der Waals surface area contributed by atoms with Crippen molar-refractivity contribution in [2.45, 2.75) is 26.9 Å². The Bertz CT molecular complexity index is 175. The third-order valence-corrected chi connectivity index (χ3v) is 0.876. The van der Waals surface area contributed by atoms with Crippen LogP contribution in [0.5, 0.6) is 0 Å². The van der Waals surface area contributed by atoms with E-state index in [0.717, 1.165) is 6.92 Å². The van der Waals surface area contributed by atoms with E-state index in [4.69, 9.17) is 5.11 Å². The van der Waals surface area contributed by atoms with E-state index in [1.807, 2.05) is 0 Å². The van der Waals surface area contributed by atoms with Crippen LogP contribution in [0.15, 0.2) is 0 Å². The predicted octanol–water partition coefficient (Wildman–Crippen LogP) is -4.71. The molecule has 1 unspecified atom stereocenters. The molecule has 0 aliphatic rings. The topological polar surface area (TPSA) is 94.5 Å². The molecule has 0 heterocycles. The summed E-state index contributed by atoms with van der Waals surface area (Å²) in [6.07, 6.45) is -0.787. The quantitative estimate of drug-likeness (QED) is 0.355. The fourth-order valence-corrected chi connectivity index (χ4v) is 0. The minimum atomic E-state index is -1.63. The molecule has 0 saturated carbocycles.